The monoisotopic (exact) mass is 415 g/mol. The number of ether oxygens (including phenoxy) is 1. The Labute approximate surface area is 169 Å². The summed E-state index contributed by atoms with van der Waals surface area (Å²) in [4.78, 5) is 27.3. The topological polar surface area (TPSA) is 87.2 Å². The molecule has 4 rings (SSSR count). The van der Waals surface area contributed by atoms with E-state index in [1.165, 1.54) is 16.4 Å². The molecule has 9 heteroatoms. The predicted octanol–water partition coefficient (Wildman–Crippen LogP) is 0.944. The number of anilines is 1. The Hall–Kier alpha value is -3.07. The summed E-state index contributed by atoms with van der Waals surface area (Å²) in [6.45, 7) is 1.57. The van der Waals surface area contributed by atoms with Crippen molar-refractivity contribution in [2.75, 3.05) is 37.0 Å². The minimum atomic E-state index is -3.86. The van der Waals surface area contributed by atoms with Crippen molar-refractivity contribution >= 4 is 28.0 Å². The molecule has 1 saturated heterocycles. The molecular formula is C20H21N3O5S. The van der Waals surface area contributed by atoms with Gasteiger partial charge in [-0.15, -0.1) is 0 Å². The van der Waals surface area contributed by atoms with Crippen molar-refractivity contribution in [1.82, 2.24) is 9.80 Å². The molecule has 1 atom stereocenters. The quantitative estimate of drug-likeness (QED) is 0.694. The van der Waals surface area contributed by atoms with E-state index < -0.39 is 16.1 Å². The molecule has 0 radical (unpaired) electrons. The molecule has 152 valence electrons. The highest BCUT2D eigenvalue weighted by Crippen LogP contribution is 2.37. The number of hydrogen-bond acceptors (Lipinski definition) is 5. The summed E-state index contributed by atoms with van der Waals surface area (Å²) in [5.74, 6) is 0.0708. The number of benzene rings is 2. The van der Waals surface area contributed by atoms with Crippen LogP contribution in [0.4, 0.5) is 5.69 Å². The summed E-state index contributed by atoms with van der Waals surface area (Å²) in [5.41, 5.74) is 0.408. The lowest BCUT2D eigenvalue weighted by Crippen LogP contribution is -2.56. The Bertz CT molecular complexity index is 1000. The van der Waals surface area contributed by atoms with Crippen LogP contribution in [0.5, 0.6) is 5.75 Å². The summed E-state index contributed by atoms with van der Waals surface area (Å²) in [7, 11) is -3.86. The Morgan fingerprint density at radius 2 is 1.62 bits per heavy atom. The molecule has 2 heterocycles. The number of para-hydroxylation sites is 2. The van der Waals surface area contributed by atoms with E-state index in [1.807, 2.05) is 0 Å². The van der Waals surface area contributed by atoms with Crippen molar-refractivity contribution in [2.24, 2.45) is 0 Å². The average Bonchev–Trinajstić information content (AvgIpc) is 2.78. The fourth-order valence-electron chi connectivity index (χ4n) is 3.53. The average molecular weight is 415 g/mol. The van der Waals surface area contributed by atoms with E-state index in [4.69, 9.17) is 4.74 Å². The molecule has 0 unspecified atom stereocenters. The van der Waals surface area contributed by atoms with Gasteiger partial charge in [-0.25, -0.2) is 8.42 Å². The van der Waals surface area contributed by atoms with E-state index in [-0.39, 0.29) is 17.3 Å². The first-order valence-electron chi connectivity index (χ1n) is 9.32. The largest absolute Gasteiger partial charge is 0.476 e. The zero-order valence-electron chi connectivity index (χ0n) is 15.7. The molecule has 2 aromatic carbocycles. The third kappa shape index (κ3) is 3.65. The Balaban J connectivity index is 1.63. The third-order valence-electron chi connectivity index (χ3n) is 5.12. The lowest BCUT2D eigenvalue weighted by atomic mass is 10.2. The van der Waals surface area contributed by atoms with Crippen LogP contribution in [0.15, 0.2) is 59.5 Å². The summed E-state index contributed by atoms with van der Waals surface area (Å²) in [6, 6.07) is 14.9. The summed E-state index contributed by atoms with van der Waals surface area (Å²) in [6.07, 6.45) is -0.185. The van der Waals surface area contributed by atoms with Gasteiger partial charge in [-0.2, -0.15) is 0 Å². The molecule has 2 aliphatic heterocycles. The highest BCUT2D eigenvalue weighted by atomic mass is 32.2. The van der Waals surface area contributed by atoms with Gasteiger partial charge in [0.05, 0.1) is 17.1 Å². The maximum Gasteiger partial charge on any atom is 0.265 e. The van der Waals surface area contributed by atoms with Crippen molar-refractivity contribution in [2.45, 2.75) is 11.0 Å². The van der Waals surface area contributed by atoms with Crippen LogP contribution in [0.1, 0.15) is 0 Å². The van der Waals surface area contributed by atoms with Crippen LogP contribution < -0.4 is 9.04 Å². The molecule has 2 amide bonds. The van der Waals surface area contributed by atoms with Crippen LogP contribution in [0.3, 0.4) is 0 Å². The lowest BCUT2D eigenvalue weighted by molar-refractivity contribution is -0.141. The van der Waals surface area contributed by atoms with Crippen LogP contribution >= 0.6 is 0 Å². The number of carbonyl (C=O) groups excluding carboxylic acids is 2. The minimum absolute atomic E-state index is 0.110. The minimum Gasteiger partial charge on any atom is -0.476 e. The van der Waals surface area contributed by atoms with Crippen LogP contribution in [0, 0.1) is 0 Å². The Kier molecular flexibility index (Phi) is 5.14. The van der Waals surface area contributed by atoms with E-state index in [9.17, 15) is 18.0 Å². The van der Waals surface area contributed by atoms with E-state index in [1.54, 1.807) is 52.3 Å². The molecule has 0 spiro atoms. The zero-order valence-corrected chi connectivity index (χ0v) is 16.5. The molecule has 8 nitrogen and oxygen atoms in total. The third-order valence-corrected chi connectivity index (χ3v) is 6.91. The highest BCUT2D eigenvalue weighted by Gasteiger charge is 2.39. The van der Waals surface area contributed by atoms with Crippen molar-refractivity contribution in [3.8, 4) is 5.75 Å². The van der Waals surface area contributed by atoms with Crippen molar-refractivity contribution < 1.29 is 22.7 Å². The van der Waals surface area contributed by atoms with Crippen molar-refractivity contribution in [1.29, 1.82) is 0 Å². The zero-order chi connectivity index (χ0) is 20.4. The van der Waals surface area contributed by atoms with Gasteiger partial charge in [0, 0.05) is 26.2 Å². The number of hydrogen-bond donors (Lipinski definition) is 0. The standard InChI is InChI=1S/C20H21N3O5S/c24-15-21-10-12-22(13-11-21)20(25)19-14-23(17-8-4-5-9-18(17)28-19)29(26,27)16-6-2-1-3-7-16/h1-9,15,19H,10-14H2/t19-/m0/s1. The number of piperazine rings is 1. The first kappa shape index (κ1) is 19.3. The molecular weight excluding hydrogens is 394 g/mol. The Morgan fingerprint density at radius 3 is 2.31 bits per heavy atom. The van der Waals surface area contributed by atoms with Gasteiger partial charge in [-0.05, 0) is 24.3 Å². The molecule has 0 bridgehead atoms. The molecule has 0 aromatic heterocycles. The van der Waals surface area contributed by atoms with Crippen LogP contribution in [0.2, 0.25) is 0 Å². The van der Waals surface area contributed by atoms with Gasteiger partial charge in [0.15, 0.2) is 6.10 Å². The number of amides is 2. The van der Waals surface area contributed by atoms with Gasteiger partial charge < -0.3 is 14.5 Å². The van der Waals surface area contributed by atoms with Gasteiger partial charge in [0.2, 0.25) is 6.41 Å². The molecule has 2 aromatic rings. The van der Waals surface area contributed by atoms with Crippen LogP contribution in [0.25, 0.3) is 0 Å². The summed E-state index contributed by atoms with van der Waals surface area (Å²) < 4.78 is 33.7. The number of rotatable bonds is 4. The Morgan fingerprint density at radius 1 is 0.966 bits per heavy atom. The number of carbonyl (C=O) groups is 2. The molecule has 2 aliphatic rings. The molecule has 0 N–H and O–H groups in total. The van der Waals surface area contributed by atoms with Gasteiger partial charge in [-0.1, -0.05) is 30.3 Å². The summed E-state index contributed by atoms with van der Waals surface area (Å²) in [5, 5.41) is 0. The normalized spacial score (nSPS) is 19.3. The van der Waals surface area contributed by atoms with Crippen LogP contribution in [-0.2, 0) is 19.6 Å². The SMILES string of the molecule is O=CN1CCN(C(=O)[C@@H]2CN(S(=O)(=O)c3ccccc3)c3ccccc3O2)CC1. The van der Waals surface area contributed by atoms with E-state index in [0.717, 1.165) is 6.41 Å². The van der Waals surface area contributed by atoms with Crippen molar-refractivity contribution in [3.05, 3.63) is 54.6 Å². The van der Waals surface area contributed by atoms with Gasteiger partial charge in [-0.3, -0.25) is 13.9 Å². The van der Waals surface area contributed by atoms with E-state index >= 15 is 0 Å². The predicted molar refractivity (Wildman–Crippen MR) is 106 cm³/mol. The fourth-order valence-corrected chi connectivity index (χ4v) is 5.03. The maximum absolute atomic E-state index is 13.3. The highest BCUT2D eigenvalue weighted by molar-refractivity contribution is 7.92. The number of nitrogens with zero attached hydrogens (tertiary/aromatic N) is 3. The first-order chi connectivity index (χ1) is 14.0. The molecule has 0 saturated carbocycles. The second-order valence-corrected chi connectivity index (χ2v) is 8.75. The van der Waals surface area contributed by atoms with E-state index in [2.05, 4.69) is 0 Å². The summed E-state index contributed by atoms with van der Waals surface area (Å²) >= 11 is 0. The molecule has 1 fully saturated rings. The lowest BCUT2D eigenvalue weighted by Gasteiger charge is -2.38. The van der Waals surface area contributed by atoms with Crippen molar-refractivity contribution in [3.63, 3.8) is 0 Å². The number of fused-ring (bicyclic) bond motifs is 1. The van der Waals surface area contributed by atoms with Gasteiger partial charge >= 0.3 is 0 Å². The van der Waals surface area contributed by atoms with Gasteiger partial charge in [0.1, 0.15) is 5.75 Å². The number of sulfonamides is 1. The van der Waals surface area contributed by atoms with Crippen LogP contribution in [-0.4, -0.2) is 69.4 Å². The molecule has 0 aliphatic carbocycles. The fraction of sp³-hybridized carbons (Fsp3) is 0.300. The van der Waals surface area contributed by atoms with E-state index in [0.29, 0.717) is 37.6 Å². The van der Waals surface area contributed by atoms with Gasteiger partial charge in [0.25, 0.3) is 15.9 Å². The smallest absolute Gasteiger partial charge is 0.265 e. The first-order valence-corrected chi connectivity index (χ1v) is 10.8. The maximum atomic E-state index is 13.3. The second kappa shape index (κ2) is 7.75. The second-order valence-electron chi connectivity index (χ2n) is 6.89. The molecule has 29 heavy (non-hydrogen) atoms.